The van der Waals surface area contributed by atoms with Gasteiger partial charge in [-0.25, -0.2) is 9.97 Å². The van der Waals surface area contributed by atoms with Crippen LogP contribution >= 0.6 is 24.8 Å². The van der Waals surface area contributed by atoms with Gasteiger partial charge in [-0.3, -0.25) is 9.36 Å². The molecule has 2 N–H and O–H groups in total. The molecule has 0 spiro atoms. The average Bonchev–Trinajstić information content (AvgIpc) is 2.89. The first-order chi connectivity index (χ1) is 9.70. The summed E-state index contributed by atoms with van der Waals surface area (Å²) in [6.07, 6.45) is 5.87. The van der Waals surface area contributed by atoms with Crippen molar-refractivity contribution in [2.45, 2.75) is 19.9 Å². The van der Waals surface area contributed by atoms with Gasteiger partial charge in [-0.05, 0) is 25.6 Å². The molecule has 0 fully saturated rings. The SMILES string of the molecule is CNCCC(=O)NCc1ccc(-n2ccnc2C)nc1.Cl.Cl. The normalized spacial score (nSPS) is 9.55. The lowest BCUT2D eigenvalue weighted by molar-refractivity contribution is -0.121. The monoisotopic (exact) mass is 345 g/mol. The Balaban J connectivity index is 0.00000220. The third-order valence-corrected chi connectivity index (χ3v) is 2.97. The molecule has 22 heavy (non-hydrogen) atoms. The van der Waals surface area contributed by atoms with Gasteiger partial charge in [0.15, 0.2) is 0 Å². The number of halogens is 2. The molecule has 2 aromatic heterocycles. The number of pyridine rings is 1. The molecule has 8 heteroatoms. The van der Waals surface area contributed by atoms with Crippen LogP contribution < -0.4 is 10.6 Å². The van der Waals surface area contributed by atoms with Crippen LogP contribution in [0.15, 0.2) is 30.7 Å². The fourth-order valence-electron chi connectivity index (χ4n) is 1.81. The van der Waals surface area contributed by atoms with Crippen molar-refractivity contribution in [1.29, 1.82) is 0 Å². The third kappa shape index (κ3) is 5.63. The van der Waals surface area contributed by atoms with Gasteiger partial charge < -0.3 is 10.6 Å². The first-order valence-corrected chi connectivity index (χ1v) is 6.57. The molecule has 6 nitrogen and oxygen atoms in total. The van der Waals surface area contributed by atoms with E-state index in [0.717, 1.165) is 17.2 Å². The van der Waals surface area contributed by atoms with Crippen LogP contribution in [0.5, 0.6) is 0 Å². The molecular weight excluding hydrogens is 325 g/mol. The van der Waals surface area contributed by atoms with E-state index in [2.05, 4.69) is 20.6 Å². The first kappa shape index (κ1) is 20.4. The summed E-state index contributed by atoms with van der Waals surface area (Å²) < 4.78 is 1.91. The number of imidazole rings is 1. The smallest absolute Gasteiger partial charge is 0.221 e. The molecule has 2 heterocycles. The van der Waals surface area contributed by atoms with Crippen LogP contribution in [0.25, 0.3) is 5.82 Å². The number of carbonyl (C=O) groups is 1. The largest absolute Gasteiger partial charge is 0.352 e. The quantitative estimate of drug-likeness (QED) is 0.834. The van der Waals surface area contributed by atoms with Crippen LogP contribution in [0.3, 0.4) is 0 Å². The van der Waals surface area contributed by atoms with Crippen LogP contribution in [-0.4, -0.2) is 34.0 Å². The number of nitrogens with zero attached hydrogens (tertiary/aromatic N) is 3. The van der Waals surface area contributed by atoms with Crippen LogP contribution in [0, 0.1) is 6.92 Å². The van der Waals surface area contributed by atoms with E-state index in [9.17, 15) is 4.79 Å². The summed E-state index contributed by atoms with van der Waals surface area (Å²) in [5.41, 5.74) is 0.976. The van der Waals surface area contributed by atoms with Gasteiger partial charge in [0.05, 0.1) is 0 Å². The summed E-state index contributed by atoms with van der Waals surface area (Å²) in [4.78, 5) is 20.0. The van der Waals surface area contributed by atoms with Gasteiger partial charge in [-0.1, -0.05) is 6.07 Å². The Bertz CT molecular complexity index is 571. The number of hydrogen-bond donors (Lipinski definition) is 2. The fourth-order valence-corrected chi connectivity index (χ4v) is 1.81. The van der Waals surface area contributed by atoms with Crippen molar-refractivity contribution in [2.75, 3.05) is 13.6 Å². The van der Waals surface area contributed by atoms with Gasteiger partial charge in [0.25, 0.3) is 0 Å². The van der Waals surface area contributed by atoms with Crippen molar-refractivity contribution in [3.63, 3.8) is 0 Å². The molecule has 0 aliphatic heterocycles. The zero-order valence-corrected chi connectivity index (χ0v) is 14.2. The van der Waals surface area contributed by atoms with Crippen LogP contribution in [0.1, 0.15) is 17.8 Å². The standard InChI is InChI=1S/C14H19N5O.2ClH/c1-11-16-7-8-19(11)13-4-3-12(9-17-13)10-18-14(20)5-6-15-2;;/h3-4,7-9,15H,5-6,10H2,1-2H3,(H,18,20);2*1H. The molecule has 2 rings (SSSR count). The van der Waals surface area contributed by atoms with Crippen LogP contribution in [-0.2, 0) is 11.3 Å². The van der Waals surface area contributed by atoms with Crippen molar-refractivity contribution in [2.24, 2.45) is 0 Å². The highest BCUT2D eigenvalue weighted by Crippen LogP contribution is 2.08. The molecule has 0 bridgehead atoms. The molecule has 2 aromatic rings. The first-order valence-electron chi connectivity index (χ1n) is 6.57. The minimum Gasteiger partial charge on any atom is -0.352 e. The number of carbonyl (C=O) groups excluding carboxylic acids is 1. The Kier molecular flexibility index (Phi) is 9.40. The van der Waals surface area contributed by atoms with E-state index in [1.807, 2.05) is 36.9 Å². The van der Waals surface area contributed by atoms with Crippen molar-refractivity contribution in [3.8, 4) is 5.82 Å². The summed E-state index contributed by atoms with van der Waals surface area (Å²) in [5.74, 6) is 1.75. The summed E-state index contributed by atoms with van der Waals surface area (Å²) in [7, 11) is 1.83. The Labute approximate surface area is 142 Å². The lowest BCUT2D eigenvalue weighted by Crippen LogP contribution is -2.26. The van der Waals surface area contributed by atoms with Gasteiger partial charge in [-0.2, -0.15) is 0 Å². The fraction of sp³-hybridized carbons (Fsp3) is 0.357. The van der Waals surface area contributed by atoms with E-state index in [-0.39, 0.29) is 30.7 Å². The minimum absolute atomic E-state index is 0. The molecule has 122 valence electrons. The van der Waals surface area contributed by atoms with Gasteiger partial charge in [0, 0.05) is 38.1 Å². The maximum absolute atomic E-state index is 11.5. The summed E-state index contributed by atoms with van der Waals surface area (Å²) in [6, 6.07) is 3.88. The van der Waals surface area contributed by atoms with E-state index >= 15 is 0 Å². The van der Waals surface area contributed by atoms with Gasteiger partial charge >= 0.3 is 0 Å². The topological polar surface area (TPSA) is 71.8 Å². The molecule has 0 radical (unpaired) electrons. The number of hydrogen-bond acceptors (Lipinski definition) is 4. The van der Waals surface area contributed by atoms with Crippen molar-refractivity contribution >= 4 is 30.7 Å². The van der Waals surface area contributed by atoms with E-state index in [1.165, 1.54) is 0 Å². The molecule has 0 atom stereocenters. The van der Waals surface area contributed by atoms with Gasteiger partial charge in [0.1, 0.15) is 11.6 Å². The lowest BCUT2D eigenvalue weighted by atomic mass is 10.2. The average molecular weight is 346 g/mol. The number of aromatic nitrogens is 3. The van der Waals surface area contributed by atoms with E-state index in [0.29, 0.717) is 19.5 Å². The minimum atomic E-state index is 0. The Morgan fingerprint density at radius 1 is 1.27 bits per heavy atom. The molecule has 0 aromatic carbocycles. The second-order valence-corrected chi connectivity index (χ2v) is 4.50. The number of aryl methyl sites for hydroxylation is 1. The van der Waals surface area contributed by atoms with E-state index < -0.39 is 0 Å². The number of rotatable bonds is 6. The van der Waals surface area contributed by atoms with Crippen LogP contribution in [0.4, 0.5) is 0 Å². The van der Waals surface area contributed by atoms with Crippen molar-refractivity contribution < 1.29 is 4.79 Å². The maximum atomic E-state index is 11.5. The Morgan fingerprint density at radius 3 is 2.59 bits per heavy atom. The molecule has 1 amide bonds. The van der Waals surface area contributed by atoms with Crippen molar-refractivity contribution in [1.82, 2.24) is 25.2 Å². The summed E-state index contributed by atoms with van der Waals surface area (Å²) in [6.45, 7) is 3.11. The highest BCUT2D eigenvalue weighted by molar-refractivity contribution is 5.85. The molecule has 0 aliphatic carbocycles. The van der Waals surface area contributed by atoms with E-state index in [4.69, 9.17) is 0 Å². The Hall–Kier alpha value is -1.63. The zero-order chi connectivity index (χ0) is 14.4. The number of nitrogens with one attached hydrogen (secondary N) is 2. The molecule has 0 saturated carbocycles. The summed E-state index contributed by atoms with van der Waals surface area (Å²) >= 11 is 0. The second kappa shape index (κ2) is 10.2. The predicted molar refractivity (Wildman–Crippen MR) is 91.0 cm³/mol. The number of amides is 1. The maximum Gasteiger partial charge on any atom is 0.221 e. The predicted octanol–water partition coefficient (Wildman–Crippen LogP) is 1.65. The second-order valence-electron chi connectivity index (χ2n) is 4.50. The zero-order valence-electron chi connectivity index (χ0n) is 12.6. The summed E-state index contributed by atoms with van der Waals surface area (Å²) in [5, 5.41) is 5.80. The molecule has 0 saturated heterocycles. The van der Waals surface area contributed by atoms with Gasteiger partial charge in [0.2, 0.25) is 5.91 Å². The molecule has 0 unspecified atom stereocenters. The highest BCUT2D eigenvalue weighted by Gasteiger charge is 2.03. The highest BCUT2D eigenvalue weighted by atomic mass is 35.5. The van der Waals surface area contributed by atoms with Crippen molar-refractivity contribution in [3.05, 3.63) is 42.1 Å². The van der Waals surface area contributed by atoms with Gasteiger partial charge in [-0.15, -0.1) is 24.8 Å². The van der Waals surface area contributed by atoms with Crippen LogP contribution in [0.2, 0.25) is 0 Å². The Morgan fingerprint density at radius 2 is 2.05 bits per heavy atom. The van der Waals surface area contributed by atoms with E-state index in [1.54, 1.807) is 12.4 Å². The molecular formula is C14H21Cl2N5O. The third-order valence-electron chi connectivity index (χ3n) is 2.97. The lowest BCUT2D eigenvalue weighted by Gasteiger charge is -2.07. The molecule has 0 aliphatic rings.